The highest BCUT2D eigenvalue weighted by atomic mass is 15.0. The number of para-hydroxylation sites is 1. The molecule has 0 N–H and O–H groups in total. The van der Waals surface area contributed by atoms with Crippen LogP contribution in [0.4, 0.5) is 0 Å². The average Bonchev–Trinajstić information content (AvgIpc) is 3.51. The van der Waals surface area contributed by atoms with Crippen molar-refractivity contribution in [1.82, 2.24) is 9.55 Å². The van der Waals surface area contributed by atoms with E-state index in [4.69, 9.17) is 4.98 Å². The van der Waals surface area contributed by atoms with Crippen LogP contribution in [0.3, 0.4) is 0 Å². The van der Waals surface area contributed by atoms with Crippen molar-refractivity contribution >= 4 is 27.8 Å². The fraction of sp³-hybridized carbons (Fsp3) is 0.0638. The van der Waals surface area contributed by atoms with Crippen molar-refractivity contribution in [3.63, 3.8) is 0 Å². The minimum atomic E-state index is -0.206. The zero-order valence-electron chi connectivity index (χ0n) is 27.7. The van der Waals surface area contributed by atoms with Gasteiger partial charge in [-0.3, -0.25) is 0 Å². The quantitative estimate of drug-likeness (QED) is 0.188. The molecule has 0 aliphatic heterocycles. The minimum absolute atomic E-state index is 0.206. The second-order valence-electron chi connectivity index (χ2n) is 13.4. The van der Waals surface area contributed by atoms with Gasteiger partial charge in [-0.25, -0.2) is 4.98 Å². The van der Waals surface area contributed by atoms with Crippen LogP contribution in [0.1, 0.15) is 29.3 Å². The van der Waals surface area contributed by atoms with Crippen molar-refractivity contribution in [3.8, 4) is 45.4 Å². The van der Waals surface area contributed by atoms with Gasteiger partial charge in [0.05, 0.1) is 28.5 Å². The minimum Gasteiger partial charge on any atom is -0.313 e. The third kappa shape index (κ3) is 5.02. The van der Waals surface area contributed by atoms with Gasteiger partial charge in [0, 0.05) is 45.3 Å². The molecule has 6 aromatic carbocycles. The van der Waals surface area contributed by atoms with E-state index in [1.54, 1.807) is 0 Å². The molecule has 0 saturated carbocycles. The Morgan fingerprint density at radius 3 is 2.22 bits per heavy atom. The molecule has 1 unspecified atom stereocenters. The molecule has 1 aliphatic rings. The third-order valence-corrected chi connectivity index (χ3v) is 10.2. The standard InChI is InChI=1S/C47H33N3/c1-47(38-23-22-32-12-5-6-15-34(32)27-38)25-24-42-41-18-9-10-21-45(41)50(46(42)30-47)39-28-36(40-17-8-7-16-35(40)31-48)26-37(29-39)44-20-11-19-43(49-44)33-13-3-2-4-14-33/h2-29H,30H2,1H3. The number of pyridine rings is 1. The zero-order valence-corrected chi connectivity index (χ0v) is 27.7. The fourth-order valence-corrected chi connectivity index (χ4v) is 7.63. The lowest BCUT2D eigenvalue weighted by Crippen LogP contribution is -2.26. The topological polar surface area (TPSA) is 41.6 Å². The Kier molecular flexibility index (Phi) is 7.04. The summed E-state index contributed by atoms with van der Waals surface area (Å²) in [5.41, 5.74) is 12.2. The van der Waals surface area contributed by atoms with E-state index in [-0.39, 0.29) is 5.41 Å². The SMILES string of the molecule is CC1(c2ccc3ccccc3c2)C=Cc2c(n(-c3cc(-c4cccc(-c5ccccc5)n4)cc(-c4ccccc4C#N)c3)c3ccccc23)C1. The van der Waals surface area contributed by atoms with Crippen molar-refractivity contribution in [2.24, 2.45) is 0 Å². The van der Waals surface area contributed by atoms with Crippen molar-refractivity contribution < 1.29 is 0 Å². The molecule has 8 aromatic rings. The predicted molar refractivity (Wildman–Crippen MR) is 206 cm³/mol. The van der Waals surface area contributed by atoms with Crippen LogP contribution in [0.15, 0.2) is 164 Å². The van der Waals surface area contributed by atoms with Gasteiger partial charge in [-0.05, 0) is 69.9 Å². The first-order valence-corrected chi connectivity index (χ1v) is 17.1. The van der Waals surface area contributed by atoms with E-state index >= 15 is 0 Å². The second kappa shape index (κ2) is 11.9. The molecule has 0 spiro atoms. The maximum atomic E-state index is 10.1. The van der Waals surface area contributed by atoms with E-state index in [0.29, 0.717) is 5.56 Å². The lowest BCUT2D eigenvalue weighted by atomic mass is 9.74. The summed E-state index contributed by atoms with van der Waals surface area (Å²) in [6.45, 7) is 2.35. The average molecular weight is 640 g/mol. The molecular formula is C47H33N3. The Bertz CT molecular complexity index is 2660. The fourth-order valence-electron chi connectivity index (χ4n) is 7.63. The molecule has 1 aliphatic carbocycles. The number of allylic oxidation sites excluding steroid dienone is 1. The van der Waals surface area contributed by atoms with E-state index in [2.05, 4.69) is 145 Å². The van der Waals surface area contributed by atoms with Gasteiger partial charge in [-0.15, -0.1) is 0 Å². The first-order chi connectivity index (χ1) is 24.6. The molecular weight excluding hydrogens is 607 g/mol. The Hall–Kier alpha value is -6.50. The maximum absolute atomic E-state index is 10.1. The number of rotatable bonds is 5. The van der Waals surface area contributed by atoms with Gasteiger partial charge in [-0.1, -0.05) is 134 Å². The van der Waals surface area contributed by atoms with Gasteiger partial charge < -0.3 is 4.57 Å². The zero-order chi connectivity index (χ0) is 33.7. The molecule has 0 fully saturated rings. The van der Waals surface area contributed by atoms with Crippen LogP contribution >= 0.6 is 0 Å². The number of hydrogen-bond donors (Lipinski definition) is 0. The molecule has 1 atom stereocenters. The Balaban J connectivity index is 1.26. The van der Waals surface area contributed by atoms with Gasteiger partial charge in [-0.2, -0.15) is 5.26 Å². The maximum Gasteiger partial charge on any atom is 0.0998 e. The van der Waals surface area contributed by atoms with E-state index in [1.165, 1.54) is 33.0 Å². The van der Waals surface area contributed by atoms with Gasteiger partial charge in [0.2, 0.25) is 0 Å². The summed E-state index contributed by atoms with van der Waals surface area (Å²) in [7, 11) is 0. The molecule has 236 valence electrons. The smallest absolute Gasteiger partial charge is 0.0998 e. The number of nitrogens with zero attached hydrogens (tertiary/aromatic N) is 3. The molecule has 2 heterocycles. The number of fused-ring (bicyclic) bond motifs is 4. The Labute approximate surface area is 292 Å². The largest absolute Gasteiger partial charge is 0.313 e. The highest BCUT2D eigenvalue weighted by Gasteiger charge is 2.32. The summed E-state index contributed by atoms with van der Waals surface area (Å²) in [6, 6.07) is 57.6. The summed E-state index contributed by atoms with van der Waals surface area (Å²) in [5, 5.41) is 13.9. The van der Waals surface area contributed by atoms with Crippen LogP contribution in [0.5, 0.6) is 0 Å². The van der Waals surface area contributed by atoms with E-state index < -0.39 is 0 Å². The molecule has 0 amide bonds. The summed E-state index contributed by atoms with van der Waals surface area (Å²) < 4.78 is 2.44. The third-order valence-electron chi connectivity index (χ3n) is 10.2. The summed E-state index contributed by atoms with van der Waals surface area (Å²) in [6.07, 6.45) is 5.55. The lowest BCUT2D eigenvalue weighted by molar-refractivity contribution is 0.573. The van der Waals surface area contributed by atoms with E-state index in [0.717, 1.165) is 51.3 Å². The van der Waals surface area contributed by atoms with Crippen LogP contribution < -0.4 is 0 Å². The molecule has 9 rings (SSSR count). The van der Waals surface area contributed by atoms with E-state index in [1.807, 2.05) is 42.5 Å². The highest BCUT2D eigenvalue weighted by molar-refractivity contribution is 5.94. The number of hydrogen-bond acceptors (Lipinski definition) is 2. The molecule has 0 radical (unpaired) electrons. The van der Waals surface area contributed by atoms with Gasteiger partial charge in [0.1, 0.15) is 0 Å². The predicted octanol–water partition coefficient (Wildman–Crippen LogP) is 11.6. The summed E-state index contributed by atoms with van der Waals surface area (Å²) in [4.78, 5) is 5.17. The summed E-state index contributed by atoms with van der Waals surface area (Å²) >= 11 is 0. The van der Waals surface area contributed by atoms with Gasteiger partial charge in [0.15, 0.2) is 0 Å². The molecule has 0 saturated heterocycles. The van der Waals surface area contributed by atoms with Crippen molar-refractivity contribution in [2.75, 3.05) is 0 Å². The molecule has 2 aromatic heterocycles. The van der Waals surface area contributed by atoms with Crippen molar-refractivity contribution in [3.05, 3.63) is 186 Å². The molecule has 0 bridgehead atoms. The first kappa shape index (κ1) is 29.6. The monoisotopic (exact) mass is 639 g/mol. The Morgan fingerprint density at radius 1 is 0.640 bits per heavy atom. The van der Waals surface area contributed by atoms with Gasteiger partial charge in [0.25, 0.3) is 0 Å². The number of benzene rings is 6. The summed E-state index contributed by atoms with van der Waals surface area (Å²) in [5.74, 6) is 0. The Morgan fingerprint density at radius 2 is 1.36 bits per heavy atom. The molecule has 3 nitrogen and oxygen atoms in total. The van der Waals surface area contributed by atoms with Crippen LogP contribution in [0.2, 0.25) is 0 Å². The van der Waals surface area contributed by atoms with Crippen molar-refractivity contribution in [2.45, 2.75) is 18.8 Å². The first-order valence-electron chi connectivity index (χ1n) is 17.1. The van der Waals surface area contributed by atoms with Crippen LogP contribution in [-0.4, -0.2) is 9.55 Å². The van der Waals surface area contributed by atoms with Crippen LogP contribution in [-0.2, 0) is 11.8 Å². The normalized spacial score (nSPS) is 15.2. The highest BCUT2D eigenvalue weighted by Crippen LogP contribution is 2.43. The lowest BCUT2D eigenvalue weighted by Gasteiger charge is -2.31. The molecule has 3 heteroatoms. The number of nitriles is 1. The van der Waals surface area contributed by atoms with E-state index in [9.17, 15) is 5.26 Å². The van der Waals surface area contributed by atoms with Crippen LogP contribution in [0.25, 0.3) is 67.1 Å². The van der Waals surface area contributed by atoms with Crippen LogP contribution in [0, 0.1) is 11.3 Å². The van der Waals surface area contributed by atoms with Gasteiger partial charge >= 0.3 is 0 Å². The van der Waals surface area contributed by atoms with Crippen molar-refractivity contribution in [1.29, 1.82) is 5.26 Å². The number of aromatic nitrogens is 2. The second-order valence-corrected chi connectivity index (χ2v) is 13.4. The molecule has 50 heavy (non-hydrogen) atoms.